The second-order valence-corrected chi connectivity index (χ2v) is 5.78. The molecule has 22 heavy (non-hydrogen) atoms. The van der Waals surface area contributed by atoms with Crippen LogP contribution in [-0.2, 0) is 0 Å². The number of hydrogen-bond acceptors (Lipinski definition) is 3. The van der Waals surface area contributed by atoms with E-state index in [4.69, 9.17) is 0 Å². The van der Waals surface area contributed by atoms with Crippen molar-refractivity contribution in [1.82, 2.24) is 9.88 Å². The summed E-state index contributed by atoms with van der Waals surface area (Å²) in [6.07, 6.45) is 2.59. The van der Waals surface area contributed by atoms with E-state index in [1.54, 1.807) is 26.4 Å². The maximum atomic E-state index is 12.9. The number of rotatable bonds is 4. The highest BCUT2D eigenvalue weighted by atomic mass is 19.1. The summed E-state index contributed by atoms with van der Waals surface area (Å²) in [5, 5.41) is 3.34. The van der Waals surface area contributed by atoms with Crippen LogP contribution in [-0.4, -0.2) is 35.9 Å². The molecule has 3 rings (SSSR count). The maximum absolute atomic E-state index is 12.9. The third-order valence-corrected chi connectivity index (χ3v) is 3.84. The first-order valence-corrected chi connectivity index (χ1v) is 7.24. The Morgan fingerprint density at radius 2 is 1.95 bits per heavy atom. The minimum Gasteiger partial charge on any atom is -0.367 e. The van der Waals surface area contributed by atoms with Crippen molar-refractivity contribution in [3.8, 4) is 0 Å². The highest BCUT2D eigenvalue weighted by Gasteiger charge is 2.38. The lowest BCUT2D eigenvalue weighted by molar-refractivity contribution is 0.0827. The van der Waals surface area contributed by atoms with Gasteiger partial charge in [0.1, 0.15) is 11.6 Å². The van der Waals surface area contributed by atoms with Crippen molar-refractivity contribution in [2.45, 2.75) is 18.4 Å². The fourth-order valence-corrected chi connectivity index (χ4v) is 2.49. The molecule has 1 aliphatic carbocycles. The molecule has 1 saturated carbocycles. The summed E-state index contributed by atoms with van der Waals surface area (Å²) in [4.78, 5) is 17.6. The molecule has 4 nitrogen and oxygen atoms in total. The van der Waals surface area contributed by atoms with Crippen molar-refractivity contribution in [2.75, 3.05) is 19.4 Å². The van der Waals surface area contributed by atoms with Gasteiger partial charge in [0.25, 0.3) is 5.91 Å². The summed E-state index contributed by atoms with van der Waals surface area (Å²) in [5.41, 5.74) is 1.71. The molecule has 1 N–H and O–H groups in total. The molecular weight excluding hydrogens is 281 g/mol. The van der Waals surface area contributed by atoms with E-state index in [9.17, 15) is 9.18 Å². The molecule has 1 fully saturated rings. The number of carbonyl (C=O) groups is 1. The van der Waals surface area contributed by atoms with E-state index in [1.807, 2.05) is 18.2 Å². The van der Waals surface area contributed by atoms with Crippen LogP contribution < -0.4 is 5.32 Å². The van der Waals surface area contributed by atoms with Gasteiger partial charge in [0, 0.05) is 32.3 Å². The van der Waals surface area contributed by atoms with Gasteiger partial charge in [-0.15, -0.1) is 0 Å². The molecule has 1 heterocycles. The molecule has 0 aliphatic heterocycles. The van der Waals surface area contributed by atoms with E-state index in [0.29, 0.717) is 17.5 Å². The van der Waals surface area contributed by atoms with E-state index in [0.717, 1.165) is 17.8 Å². The SMILES string of the molecule is CN(C)C(=O)c1ccc(N[C@@H]2C[C@H]2c2ccc(F)cc2)nc1. The van der Waals surface area contributed by atoms with Crippen LogP contribution >= 0.6 is 0 Å². The molecule has 2 atom stereocenters. The van der Waals surface area contributed by atoms with Crippen LogP contribution in [0.3, 0.4) is 0 Å². The van der Waals surface area contributed by atoms with Gasteiger partial charge >= 0.3 is 0 Å². The van der Waals surface area contributed by atoms with Crippen LogP contribution in [0.15, 0.2) is 42.6 Å². The number of anilines is 1. The van der Waals surface area contributed by atoms with E-state index < -0.39 is 0 Å². The molecule has 114 valence electrons. The maximum Gasteiger partial charge on any atom is 0.254 e. The van der Waals surface area contributed by atoms with Gasteiger partial charge in [-0.3, -0.25) is 4.79 Å². The van der Waals surface area contributed by atoms with E-state index in [2.05, 4.69) is 10.3 Å². The largest absolute Gasteiger partial charge is 0.367 e. The standard InChI is InChI=1S/C17H18FN3O/c1-21(2)17(22)12-5-8-16(19-10-12)20-15-9-14(15)11-3-6-13(18)7-4-11/h3-8,10,14-15H,9H2,1-2H3,(H,19,20)/t14-,15+/m0/s1. The summed E-state index contributed by atoms with van der Waals surface area (Å²) in [6.45, 7) is 0. The van der Waals surface area contributed by atoms with Gasteiger partial charge in [0.05, 0.1) is 5.56 Å². The second-order valence-electron chi connectivity index (χ2n) is 5.78. The average Bonchev–Trinajstić information content (AvgIpc) is 3.27. The minimum atomic E-state index is -0.211. The van der Waals surface area contributed by atoms with E-state index >= 15 is 0 Å². The number of hydrogen-bond donors (Lipinski definition) is 1. The van der Waals surface area contributed by atoms with Crippen LogP contribution in [0.25, 0.3) is 0 Å². The van der Waals surface area contributed by atoms with Crippen LogP contribution in [0.1, 0.15) is 28.3 Å². The Hall–Kier alpha value is -2.43. The first-order chi connectivity index (χ1) is 10.5. The molecule has 2 aromatic rings. The monoisotopic (exact) mass is 299 g/mol. The summed E-state index contributed by atoms with van der Waals surface area (Å²) in [7, 11) is 3.43. The highest BCUT2D eigenvalue weighted by molar-refractivity contribution is 5.93. The van der Waals surface area contributed by atoms with Crippen molar-refractivity contribution in [3.05, 3.63) is 59.5 Å². The van der Waals surface area contributed by atoms with Gasteiger partial charge < -0.3 is 10.2 Å². The molecule has 1 aromatic carbocycles. The zero-order chi connectivity index (χ0) is 15.7. The van der Waals surface area contributed by atoms with E-state index in [1.165, 1.54) is 17.0 Å². The van der Waals surface area contributed by atoms with Gasteiger partial charge in [-0.25, -0.2) is 9.37 Å². The molecule has 0 saturated heterocycles. The molecule has 5 heteroatoms. The van der Waals surface area contributed by atoms with Crippen molar-refractivity contribution in [3.63, 3.8) is 0 Å². The smallest absolute Gasteiger partial charge is 0.254 e. The highest BCUT2D eigenvalue weighted by Crippen LogP contribution is 2.42. The van der Waals surface area contributed by atoms with Crippen molar-refractivity contribution in [1.29, 1.82) is 0 Å². The second kappa shape index (κ2) is 5.75. The fraction of sp³-hybridized carbons (Fsp3) is 0.294. The van der Waals surface area contributed by atoms with Crippen molar-refractivity contribution in [2.24, 2.45) is 0 Å². The molecule has 0 unspecified atom stereocenters. The summed E-state index contributed by atoms with van der Waals surface area (Å²) in [5.74, 6) is 0.877. The number of amides is 1. The van der Waals surface area contributed by atoms with Gasteiger partial charge in [0.2, 0.25) is 0 Å². The zero-order valence-electron chi connectivity index (χ0n) is 12.6. The molecule has 0 spiro atoms. The summed E-state index contributed by atoms with van der Waals surface area (Å²) >= 11 is 0. The Kier molecular flexibility index (Phi) is 3.79. The fourth-order valence-electron chi connectivity index (χ4n) is 2.49. The third-order valence-electron chi connectivity index (χ3n) is 3.84. The van der Waals surface area contributed by atoms with Crippen LogP contribution in [0.5, 0.6) is 0 Å². The lowest BCUT2D eigenvalue weighted by Crippen LogP contribution is -2.21. The number of nitrogens with one attached hydrogen (secondary N) is 1. The van der Waals surface area contributed by atoms with Gasteiger partial charge in [-0.2, -0.15) is 0 Å². The molecule has 1 aliphatic rings. The first kappa shape index (κ1) is 14.5. The number of carbonyl (C=O) groups excluding carboxylic acids is 1. The molecule has 0 radical (unpaired) electrons. The molecule has 1 amide bonds. The zero-order valence-corrected chi connectivity index (χ0v) is 12.6. The van der Waals surface area contributed by atoms with Gasteiger partial charge in [-0.1, -0.05) is 12.1 Å². The Morgan fingerprint density at radius 1 is 1.23 bits per heavy atom. The summed E-state index contributed by atoms with van der Waals surface area (Å²) < 4.78 is 12.9. The first-order valence-electron chi connectivity index (χ1n) is 7.24. The topological polar surface area (TPSA) is 45.2 Å². The number of pyridine rings is 1. The minimum absolute atomic E-state index is 0.0605. The predicted molar refractivity (Wildman–Crippen MR) is 83.4 cm³/mol. The Bertz CT molecular complexity index is 667. The van der Waals surface area contributed by atoms with E-state index in [-0.39, 0.29) is 11.7 Å². The van der Waals surface area contributed by atoms with Gasteiger partial charge in [0.15, 0.2) is 0 Å². The Balaban J connectivity index is 1.61. The van der Waals surface area contributed by atoms with Crippen LogP contribution in [0, 0.1) is 5.82 Å². The molecular formula is C17H18FN3O. The summed E-state index contributed by atoms with van der Waals surface area (Å²) in [6, 6.07) is 10.5. The van der Waals surface area contributed by atoms with Gasteiger partial charge in [-0.05, 0) is 36.2 Å². The predicted octanol–water partition coefficient (Wildman–Crippen LogP) is 2.89. The normalized spacial score (nSPS) is 19.6. The number of benzene rings is 1. The van der Waals surface area contributed by atoms with Crippen LogP contribution in [0.2, 0.25) is 0 Å². The van der Waals surface area contributed by atoms with Crippen LogP contribution in [0.4, 0.5) is 10.2 Å². The van der Waals surface area contributed by atoms with Crippen molar-refractivity contribution >= 4 is 11.7 Å². The molecule has 0 bridgehead atoms. The number of nitrogens with zero attached hydrogens (tertiary/aromatic N) is 2. The third kappa shape index (κ3) is 3.08. The average molecular weight is 299 g/mol. The molecule has 1 aromatic heterocycles. The Morgan fingerprint density at radius 3 is 2.55 bits per heavy atom. The lowest BCUT2D eigenvalue weighted by atomic mass is 10.1. The lowest BCUT2D eigenvalue weighted by Gasteiger charge is -2.10. The quantitative estimate of drug-likeness (QED) is 0.944. The van der Waals surface area contributed by atoms with Crippen molar-refractivity contribution < 1.29 is 9.18 Å². The number of aromatic nitrogens is 1. The number of halogens is 1. The Labute approximate surface area is 129 Å².